The summed E-state index contributed by atoms with van der Waals surface area (Å²) >= 11 is 0. The maximum atomic E-state index is 13.4. The Morgan fingerprint density at radius 2 is 1.86 bits per heavy atom. The molecule has 1 aliphatic rings. The van der Waals surface area contributed by atoms with Gasteiger partial charge >= 0.3 is 0 Å². The zero-order valence-electron chi connectivity index (χ0n) is 16.4. The van der Waals surface area contributed by atoms with Gasteiger partial charge in [-0.3, -0.25) is 4.79 Å². The average Bonchev–Trinajstić information content (AvgIpc) is 3.05. The number of rotatable bonds is 7. The lowest BCUT2D eigenvalue weighted by molar-refractivity contribution is 0.0676. The van der Waals surface area contributed by atoms with Gasteiger partial charge in [0.2, 0.25) is 0 Å². The van der Waals surface area contributed by atoms with Gasteiger partial charge in [0, 0.05) is 12.6 Å². The second kappa shape index (κ2) is 8.78. The number of sulfone groups is 1. The number of carbonyl (C=O) groups excluding carboxylic acids is 1. The van der Waals surface area contributed by atoms with Crippen LogP contribution in [0.15, 0.2) is 48.5 Å². The lowest BCUT2D eigenvalue weighted by Gasteiger charge is -2.29. The van der Waals surface area contributed by atoms with Crippen molar-refractivity contribution >= 4 is 15.7 Å². The third-order valence-electron chi connectivity index (χ3n) is 4.96. The summed E-state index contributed by atoms with van der Waals surface area (Å²) in [4.78, 5) is 15.1. The Kier molecular flexibility index (Phi) is 6.39. The minimum Gasteiger partial charge on any atom is -0.493 e. The molecule has 150 valence electrons. The van der Waals surface area contributed by atoms with Gasteiger partial charge in [-0.05, 0) is 37.5 Å². The van der Waals surface area contributed by atoms with Gasteiger partial charge in [0.15, 0.2) is 9.84 Å². The normalized spacial score (nSPS) is 18.0. The summed E-state index contributed by atoms with van der Waals surface area (Å²) in [6.07, 6.45) is 1.31. The van der Waals surface area contributed by atoms with Crippen molar-refractivity contribution in [3.05, 3.63) is 65.2 Å². The Balaban J connectivity index is 1.92. The molecule has 1 amide bonds. The predicted octanol–water partition coefficient (Wildman–Crippen LogP) is 3.61. The van der Waals surface area contributed by atoms with E-state index < -0.39 is 9.84 Å². The molecular formula is C22H27NO4S. The number of carbonyl (C=O) groups is 1. The van der Waals surface area contributed by atoms with Crippen molar-refractivity contribution in [3.63, 3.8) is 0 Å². The first-order valence-electron chi connectivity index (χ1n) is 9.68. The van der Waals surface area contributed by atoms with E-state index >= 15 is 0 Å². The van der Waals surface area contributed by atoms with Crippen LogP contribution in [0.3, 0.4) is 0 Å². The van der Waals surface area contributed by atoms with Gasteiger partial charge in [0.25, 0.3) is 5.91 Å². The number of amides is 1. The van der Waals surface area contributed by atoms with Gasteiger partial charge in [-0.15, -0.1) is 0 Å². The van der Waals surface area contributed by atoms with E-state index in [-0.39, 0.29) is 23.5 Å². The molecule has 1 heterocycles. The van der Waals surface area contributed by atoms with Crippen LogP contribution in [-0.4, -0.2) is 43.4 Å². The third-order valence-corrected chi connectivity index (χ3v) is 6.71. The highest BCUT2D eigenvalue weighted by molar-refractivity contribution is 7.91. The highest BCUT2D eigenvalue weighted by Gasteiger charge is 2.35. The van der Waals surface area contributed by atoms with E-state index in [0.29, 0.717) is 30.9 Å². The van der Waals surface area contributed by atoms with Gasteiger partial charge in [-0.25, -0.2) is 8.42 Å². The molecule has 0 bridgehead atoms. The summed E-state index contributed by atoms with van der Waals surface area (Å²) in [7, 11) is -3.10. The number of para-hydroxylation sites is 1. The van der Waals surface area contributed by atoms with Gasteiger partial charge in [0.05, 0.1) is 23.7 Å². The van der Waals surface area contributed by atoms with Gasteiger partial charge < -0.3 is 9.64 Å². The number of hydrogen-bond donors (Lipinski definition) is 0. The van der Waals surface area contributed by atoms with Crippen LogP contribution in [0.5, 0.6) is 5.75 Å². The summed E-state index contributed by atoms with van der Waals surface area (Å²) in [5.41, 5.74) is 2.60. The molecule has 1 fully saturated rings. The van der Waals surface area contributed by atoms with E-state index in [2.05, 4.69) is 0 Å². The van der Waals surface area contributed by atoms with Crippen LogP contribution in [0.25, 0.3) is 0 Å². The molecule has 0 N–H and O–H groups in total. The van der Waals surface area contributed by atoms with Crippen molar-refractivity contribution < 1.29 is 17.9 Å². The minimum absolute atomic E-state index is 0.0165. The summed E-state index contributed by atoms with van der Waals surface area (Å²) in [6, 6.07) is 14.8. The molecule has 3 rings (SSSR count). The standard InChI is InChI=1S/C22H27NO4S/c1-3-13-27-21-7-5-4-6-20(21)22(24)23(19-12-14-28(25,26)16-19)15-18-10-8-17(2)9-11-18/h4-11,19H,3,12-16H2,1-2H3/t19-/m1/s1. The molecular weight excluding hydrogens is 374 g/mol. The molecule has 2 aromatic carbocycles. The van der Waals surface area contributed by atoms with Crippen molar-refractivity contribution in [1.82, 2.24) is 4.90 Å². The fourth-order valence-corrected chi connectivity index (χ4v) is 5.14. The van der Waals surface area contributed by atoms with Crippen molar-refractivity contribution in [2.75, 3.05) is 18.1 Å². The van der Waals surface area contributed by atoms with Crippen LogP contribution < -0.4 is 4.74 Å². The molecule has 0 saturated carbocycles. The second-order valence-electron chi connectivity index (χ2n) is 7.32. The Morgan fingerprint density at radius 1 is 1.14 bits per heavy atom. The van der Waals surface area contributed by atoms with E-state index in [1.54, 1.807) is 17.0 Å². The second-order valence-corrected chi connectivity index (χ2v) is 9.55. The number of benzene rings is 2. The number of hydrogen-bond acceptors (Lipinski definition) is 4. The van der Waals surface area contributed by atoms with Crippen molar-refractivity contribution in [1.29, 1.82) is 0 Å². The Morgan fingerprint density at radius 3 is 2.50 bits per heavy atom. The molecule has 0 aliphatic carbocycles. The average molecular weight is 402 g/mol. The van der Waals surface area contributed by atoms with Crippen LogP contribution in [0.4, 0.5) is 0 Å². The summed E-state index contributed by atoms with van der Waals surface area (Å²) < 4.78 is 29.9. The summed E-state index contributed by atoms with van der Waals surface area (Å²) in [6.45, 7) is 4.93. The Labute approximate surface area is 167 Å². The van der Waals surface area contributed by atoms with Gasteiger partial charge in [-0.1, -0.05) is 48.9 Å². The first kappa shape index (κ1) is 20.4. The van der Waals surface area contributed by atoms with E-state index in [9.17, 15) is 13.2 Å². The summed E-state index contributed by atoms with van der Waals surface area (Å²) in [5, 5.41) is 0. The van der Waals surface area contributed by atoms with E-state index in [0.717, 1.165) is 17.5 Å². The molecule has 1 atom stereocenters. The van der Waals surface area contributed by atoms with E-state index in [1.165, 1.54) is 0 Å². The zero-order chi connectivity index (χ0) is 20.1. The highest BCUT2D eigenvalue weighted by Crippen LogP contribution is 2.26. The molecule has 6 heteroatoms. The zero-order valence-corrected chi connectivity index (χ0v) is 17.2. The van der Waals surface area contributed by atoms with Crippen molar-refractivity contribution in [3.8, 4) is 5.75 Å². The molecule has 0 spiro atoms. The van der Waals surface area contributed by atoms with E-state index in [1.807, 2.05) is 50.2 Å². The van der Waals surface area contributed by atoms with Gasteiger partial charge in [0.1, 0.15) is 5.75 Å². The van der Waals surface area contributed by atoms with E-state index in [4.69, 9.17) is 4.74 Å². The molecule has 5 nitrogen and oxygen atoms in total. The van der Waals surface area contributed by atoms with Crippen LogP contribution in [0, 0.1) is 6.92 Å². The van der Waals surface area contributed by atoms with Crippen LogP contribution >= 0.6 is 0 Å². The molecule has 1 aliphatic heterocycles. The van der Waals surface area contributed by atoms with Crippen molar-refractivity contribution in [2.45, 2.75) is 39.3 Å². The highest BCUT2D eigenvalue weighted by atomic mass is 32.2. The molecule has 0 radical (unpaired) electrons. The molecule has 28 heavy (non-hydrogen) atoms. The maximum Gasteiger partial charge on any atom is 0.258 e. The lowest BCUT2D eigenvalue weighted by atomic mass is 10.1. The fourth-order valence-electron chi connectivity index (χ4n) is 3.41. The molecule has 2 aromatic rings. The predicted molar refractivity (Wildman–Crippen MR) is 110 cm³/mol. The van der Waals surface area contributed by atoms with Gasteiger partial charge in [-0.2, -0.15) is 0 Å². The number of nitrogens with zero attached hydrogens (tertiary/aromatic N) is 1. The van der Waals surface area contributed by atoms with Crippen molar-refractivity contribution in [2.24, 2.45) is 0 Å². The maximum absolute atomic E-state index is 13.4. The monoisotopic (exact) mass is 401 g/mol. The number of aryl methyl sites for hydroxylation is 1. The SMILES string of the molecule is CCCOc1ccccc1C(=O)N(Cc1ccc(C)cc1)[C@@H]1CCS(=O)(=O)C1. The molecule has 0 unspecified atom stereocenters. The Bertz CT molecular complexity index is 922. The summed E-state index contributed by atoms with van der Waals surface area (Å²) in [5.74, 6) is 0.504. The molecule has 1 saturated heterocycles. The first-order valence-corrected chi connectivity index (χ1v) is 11.5. The van der Waals surface area contributed by atoms with Crippen LogP contribution in [0.2, 0.25) is 0 Å². The third kappa shape index (κ3) is 4.93. The smallest absolute Gasteiger partial charge is 0.258 e. The fraction of sp³-hybridized carbons (Fsp3) is 0.409. The minimum atomic E-state index is -3.10. The number of ether oxygens (including phenoxy) is 1. The van der Waals surface area contributed by atoms with Crippen LogP contribution in [-0.2, 0) is 16.4 Å². The largest absolute Gasteiger partial charge is 0.493 e. The topological polar surface area (TPSA) is 63.7 Å². The lowest BCUT2D eigenvalue weighted by Crippen LogP contribution is -2.40. The molecule has 0 aromatic heterocycles. The van der Waals surface area contributed by atoms with Crippen LogP contribution in [0.1, 0.15) is 41.3 Å². The quantitative estimate of drug-likeness (QED) is 0.711. The first-order chi connectivity index (χ1) is 13.4. The Hall–Kier alpha value is -2.34.